The molecule has 0 bridgehead atoms. The number of nitrogens with zero attached hydrogens (tertiary/aromatic N) is 1. The number of aromatic nitrogens is 1. The number of hydrogen-bond donors (Lipinski definition) is 1. The normalized spacial score (nSPS) is 22.3. The van der Waals surface area contributed by atoms with Gasteiger partial charge in [0.15, 0.2) is 0 Å². The summed E-state index contributed by atoms with van der Waals surface area (Å²) < 4.78 is 4.77. The third-order valence-electron chi connectivity index (χ3n) is 4.10. The van der Waals surface area contributed by atoms with Crippen molar-refractivity contribution in [3.05, 3.63) is 23.9 Å². The first kappa shape index (κ1) is 14.8. The van der Waals surface area contributed by atoms with E-state index < -0.39 is 0 Å². The first-order valence-electron chi connectivity index (χ1n) is 7.48. The first-order chi connectivity index (χ1) is 9.70. The standard InChI is InChI=1S/C16H24N2O2/c1-12-5-3-6-13(11-12)8-10-18-15-14(16(19)20-2)7-4-9-17-15/h4,7,9,12-13H,3,5-6,8,10-11H2,1-2H3,(H,17,18). The Morgan fingerprint density at radius 3 is 3.10 bits per heavy atom. The number of pyridine rings is 1. The Kier molecular flexibility index (Phi) is 5.39. The molecule has 2 rings (SSSR count). The summed E-state index contributed by atoms with van der Waals surface area (Å²) in [5.74, 6) is 1.95. The van der Waals surface area contributed by atoms with Crippen molar-refractivity contribution in [3.8, 4) is 0 Å². The highest BCUT2D eigenvalue weighted by Crippen LogP contribution is 2.30. The van der Waals surface area contributed by atoms with Gasteiger partial charge in [0.25, 0.3) is 0 Å². The fourth-order valence-corrected chi connectivity index (χ4v) is 3.04. The van der Waals surface area contributed by atoms with E-state index in [1.807, 2.05) is 0 Å². The van der Waals surface area contributed by atoms with Crippen LogP contribution in [-0.4, -0.2) is 24.6 Å². The molecule has 0 aliphatic heterocycles. The third-order valence-corrected chi connectivity index (χ3v) is 4.10. The largest absolute Gasteiger partial charge is 0.465 e. The molecule has 0 aromatic carbocycles. The molecule has 4 heteroatoms. The molecule has 0 spiro atoms. The zero-order chi connectivity index (χ0) is 14.4. The van der Waals surface area contributed by atoms with Gasteiger partial charge < -0.3 is 10.1 Å². The van der Waals surface area contributed by atoms with E-state index in [-0.39, 0.29) is 5.97 Å². The molecule has 1 aliphatic rings. The average molecular weight is 276 g/mol. The molecule has 2 atom stereocenters. The molecule has 110 valence electrons. The molecule has 4 nitrogen and oxygen atoms in total. The lowest BCUT2D eigenvalue weighted by molar-refractivity contribution is 0.0601. The van der Waals surface area contributed by atoms with Crippen molar-refractivity contribution >= 4 is 11.8 Å². The van der Waals surface area contributed by atoms with Crippen LogP contribution in [-0.2, 0) is 4.74 Å². The quantitative estimate of drug-likeness (QED) is 0.836. The maximum atomic E-state index is 11.6. The number of hydrogen-bond acceptors (Lipinski definition) is 4. The summed E-state index contributed by atoms with van der Waals surface area (Å²) in [6.45, 7) is 3.20. The lowest BCUT2D eigenvalue weighted by Gasteiger charge is -2.26. The van der Waals surface area contributed by atoms with Crippen molar-refractivity contribution in [1.29, 1.82) is 0 Å². The lowest BCUT2D eigenvalue weighted by atomic mass is 9.81. The number of nitrogens with one attached hydrogen (secondary N) is 1. The predicted octanol–water partition coefficient (Wildman–Crippen LogP) is 3.50. The molecule has 1 N–H and O–H groups in total. The Bertz CT molecular complexity index is 448. The Morgan fingerprint density at radius 1 is 1.50 bits per heavy atom. The van der Waals surface area contributed by atoms with Gasteiger partial charge in [0.05, 0.1) is 7.11 Å². The number of methoxy groups -OCH3 is 1. The summed E-state index contributed by atoms with van der Waals surface area (Å²) in [6, 6.07) is 3.49. The Balaban J connectivity index is 1.86. The Hall–Kier alpha value is -1.58. The number of rotatable bonds is 5. The maximum Gasteiger partial charge on any atom is 0.341 e. The van der Waals surface area contributed by atoms with Crippen LogP contribution in [0.25, 0.3) is 0 Å². The molecule has 20 heavy (non-hydrogen) atoms. The van der Waals surface area contributed by atoms with Crippen molar-refractivity contribution in [2.24, 2.45) is 11.8 Å². The highest BCUT2D eigenvalue weighted by molar-refractivity contribution is 5.94. The highest BCUT2D eigenvalue weighted by atomic mass is 16.5. The van der Waals surface area contributed by atoms with Crippen LogP contribution in [0.4, 0.5) is 5.82 Å². The van der Waals surface area contributed by atoms with Crippen LogP contribution in [0.2, 0.25) is 0 Å². The zero-order valence-electron chi connectivity index (χ0n) is 12.4. The minimum Gasteiger partial charge on any atom is -0.465 e. The molecule has 1 aromatic heterocycles. The van der Waals surface area contributed by atoms with E-state index in [0.29, 0.717) is 11.4 Å². The molecule has 0 radical (unpaired) electrons. The molecular weight excluding hydrogens is 252 g/mol. The number of carbonyl (C=O) groups is 1. The van der Waals surface area contributed by atoms with Crippen molar-refractivity contribution in [2.75, 3.05) is 19.0 Å². The highest BCUT2D eigenvalue weighted by Gasteiger charge is 2.19. The van der Waals surface area contributed by atoms with Crippen molar-refractivity contribution in [2.45, 2.75) is 39.0 Å². The molecule has 1 heterocycles. The number of carbonyl (C=O) groups excluding carboxylic acids is 1. The fraction of sp³-hybridized carbons (Fsp3) is 0.625. The predicted molar refractivity (Wildman–Crippen MR) is 79.8 cm³/mol. The molecule has 1 saturated carbocycles. The van der Waals surface area contributed by atoms with Gasteiger partial charge in [0.1, 0.15) is 11.4 Å². The monoisotopic (exact) mass is 276 g/mol. The summed E-state index contributed by atoms with van der Waals surface area (Å²) in [4.78, 5) is 15.9. The summed E-state index contributed by atoms with van der Waals surface area (Å²) in [5.41, 5.74) is 0.506. The second kappa shape index (κ2) is 7.27. The van der Waals surface area contributed by atoms with Crippen LogP contribution < -0.4 is 5.32 Å². The summed E-state index contributed by atoms with van der Waals surface area (Å²) in [6.07, 6.45) is 8.21. The fourth-order valence-electron chi connectivity index (χ4n) is 3.04. The first-order valence-corrected chi connectivity index (χ1v) is 7.48. The average Bonchev–Trinajstić information content (AvgIpc) is 2.47. The summed E-state index contributed by atoms with van der Waals surface area (Å²) >= 11 is 0. The van der Waals surface area contributed by atoms with Crippen LogP contribution in [0.15, 0.2) is 18.3 Å². The molecular formula is C16H24N2O2. The van der Waals surface area contributed by atoms with Gasteiger partial charge in [-0.2, -0.15) is 0 Å². The van der Waals surface area contributed by atoms with Crippen LogP contribution in [0.3, 0.4) is 0 Å². The Morgan fingerprint density at radius 2 is 2.35 bits per heavy atom. The molecule has 1 aliphatic carbocycles. The minimum atomic E-state index is -0.341. The third kappa shape index (κ3) is 3.95. The van der Waals surface area contributed by atoms with Gasteiger partial charge in [0, 0.05) is 12.7 Å². The van der Waals surface area contributed by atoms with Gasteiger partial charge in [-0.15, -0.1) is 0 Å². The van der Waals surface area contributed by atoms with Crippen LogP contribution in [0.1, 0.15) is 49.4 Å². The second-order valence-corrected chi connectivity index (χ2v) is 5.74. The van der Waals surface area contributed by atoms with Crippen molar-refractivity contribution in [1.82, 2.24) is 4.98 Å². The molecule has 0 saturated heterocycles. The topological polar surface area (TPSA) is 51.2 Å². The number of ether oxygens (including phenoxy) is 1. The molecule has 1 aromatic rings. The van der Waals surface area contributed by atoms with Gasteiger partial charge in [-0.3, -0.25) is 0 Å². The van der Waals surface area contributed by atoms with E-state index >= 15 is 0 Å². The summed E-state index contributed by atoms with van der Waals surface area (Å²) in [7, 11) is 1.39. The summed E-state index contributed by atoms with van der Waals surface area (Å²) in [5, 5.41) is 3.28. The SMILES string of the molecule is COC(=O)c1cccnc1NCCC1CCCC(C)C1. The van der Waals surface area contributed by atoms with E-state index in [9.17, 15) is 4.79 Å². The van der Waals surface area contributed by atoms with Gasteiger partial charge >= 0.3 is 5.97 Å². The van der Waals surface area contributed by atoms with E-state index in [2.05, 4.69) is 17.2 Å². The minimum absolute atomic E-state index is 0.341. The molecule has 0 amide bonds. The van der Waals surface area contributed by atoms with Crippen LogP contribution >= 0.6 is 0 Å². The number of esters is 1. The van der Waals surface area contributed by atoms with E-state index in [4.69, 9.17) is 4.74 Å². The second-order valence-electron chi connectivity index (χ2n) is 5.74. The maximum absolute atomic E-state index is 11.6. The lowest BCUT2D eigenvalue weighted by Crippen LogP contribution is -2.18. The van der Waals surface area contributed by atoms with E-state index in [1.165, 1.54) is 32.8 Å². The Labute approximate surface area is 120 Å². The van der Waals surface area contributed by atoms with Crippen molar-refractivity contribution < 1.29 is 9.53 Å². The van der Waals surface area contributed by atoms with Crippen LogP contribution in [0.5, 0.6) is 0 Å². The van der Waals surface area contributed by atoms with Gasteiger partial charge in [-0.05, 0) is 36.8 Å². The van der Waals surface area contributed by atoms with Crippen molar-refractivity contribution in [3.63, 3.8) is 0 Å². The van der Waals surface area contributed by atoms with E-state index in [0.717, 1.165) is 24.8 Å². The molecule has 2 unspecified atom stereocenters. The zero-order valence-corrected chi connectivity index (χ0v) is 12.4. The van der Waals surface area contributed by atoms with Gasteiger partial charge in [-0.1, -0.05) is 26.2 Å². The van der Waals surface area contributed by atoms with Gasteiger partial charge in [-0.25, -0.2) is 9.78 Å². The molecule has 1 fully saturated rings. The van der Waals surface area contributed by atoms with E-state index in [1.54, 1.807) is 18.3 Å². The van der Waals surface area contributed by atoms with Gasteiger partial charge in [0.2, 0.25) is 0 Å². The van der Waals surface area contributed by atoms with Crippen LogP contribution in [0, 0.1) is 11.8 Å². The number of anilines is 1. The smallest absolute Gasteiger partial charge is 0.341 e.